The largest absolute Gasteiger partial charge is 0.491 e. The average Bonchev–Trinajstić information content (AvgIpc) is 3.38. The van der Waals surface area contributed by atoms with Gasteiger partial charge in [0.1, 0.15) is 11.5 Å². The summed E-state index contributed by atoms with van der Waals surface area (Å²) in [6.07, 6.45) is 4.07. The minimum Gasteiger partial charge on any atom is -0.491 e. The highest BCUT2D eigenvalue weighted by Gasteiger charge is 2.33. The van der Waals surface area contributed by atoms with Crippen molar-refractivity contribution in [3.63, 3.8) is 0 Å². The molecule has 1 aromatic carbocycles. The molecule has 3 aliphatic rings. The fourth-order valence-corrected chi connectivity index (χ4v) is 4.27. The van der Waals surface area contributed by atoms with Crippen molar-refractivity contribution in [2.45, 2.75) is 6.42 Å². The monoisotopic (exact) mass is 464 g/mol. The van der Waals surface area contributed by atoms with Crippen molar-refractivity contribution >= 4 is 23.4 Å². The number of carbonyl (C=O) groups is 1. The number of ether oxygens (including phenoxy) is 3. The molecule has 2 aromatic rings. The maximum absolute atomic E-state index is 12.8. The van der Waals surface area contributed by atoms with Gasteiger partial charge >= 0.3 is 0 Å². The van der Waals surface area contributed by atoms with E-state index in [1.54, 1.807) is 31.6 Å². The Hall–Kier alpha value is -3.50. The number of benzene rings is 1. The van der Waals surface area contributed by atoms with E-state index in [1.165, 1.54) is 0 Å². The Bertz CT molecular complexity index is 1100. The van der Waals surface area contributed by atoms with Crippen molar-refractivity contribution in [2.75, 3.05) is 59.7 Å². The Labute approximate surface area is 198 Å². The molecule has 0 unspecified atom stereocenters. The molecular formula is C24H28N6O4. The van der Waals surface area contributed by atoms with E-state index in [0.29, 0.717) is 48.4 Å². The number of morpholine rings is 1. The van der Waals surface area contributed by atoms with E-state index < -0.39 is 0 Å². The van der Waals surface area contributed by atoms with E-state index in [2.05, 4.69) is 20.2 Å². The van der Waals surface area contributed by atoms with Gasteiger partial charge in [-0.25, -0.2) is 4.99 Å². The zero-order valence-corrected chi connectivity index (χ0v) is 19.2. The Morgan fingerprint density at radius 1 is 1.15 bits per heavy atom. The van der Waals surface area contributed by atoms with Crippen LogP contribution in [0.1, 0.15) is 22.3 Å². The molecule has 5 rings (SSSR count). The number of hydrogen-bond donors (Lipinski definition) is 1. The fourth-order valence-electron chi connectivity index (χ4n) is 4.27. The van der Waals surface area contributed by atoms with Gasteiger partial charge in [-0.15, -0.1) is 0 Å². The first-order chi connectivity index (χ1) is 16.7. The van der Waals surface area contributed by atoms with Gasteiger partial charge in [-0.3, -0.25) is 29.9 Å². The van der Waals surface area contributed by atoms with Gasteiger partial charge in [-0.05, 0) is 30.7 Å². The first kappa shape index (κ1) is 22.3. The molecule has 0 radical (unpaired) electrons. The number of fused-ring (bicyclic) bond motifs is 3. The standard InChI is InChI=1S/C24H28N6O4/c1-32-21-19(34-14-2-10-29-12-15-33-16-13-29)4-3-18-20(21)27-24(30-11-9-26-22(18)30)28-23(31)17-5-7-25-8-6-17/h3-8H,2,9-16H2,1H3,(H,27,28,31). The second-order valence-corrected chi connectivity index (χ2v) is 8.13. The lowest BCUT2D eigenvalue weighted by Gasteiger charge is -2.29. The number of rotatable bonds is 7. The lowest BCUT2D eigenvalue weighted by molar-refractivity contribution is 0.0357. The molecule has 1 saturated heterocycles. The van der Waals surface area contributed by atoms with E-state index in [0.717, 1.165) is 50.7 Å². The van der Waals surface area contributed by atoms with Crippen LogP contribution in [0.3, 0.4) is 0 Å². The number of amides is 1. The Kier molecular flexibility index (Phi) is 6.68. The lowest BCUT2D eigenvalue weighted by atomic mass is 10.1. The number of methoxy groups -OCH3 is 1. The summed E-state index contributed by atoms with van der Waals surface area (Å²) < 4.78 is 17.2. The summed E-state index contributed by atoms with van der Waals surface area (Å²) in [5.41, 5.74) is 1.97. The van der Waals surface area contributed by atoms with E-state index in [4.69, 9.17) is 19.2 Å². The second kappa shape index (κ2) is 10.2. The molecular weight excluding hydrogens is 436 g/mol. The van der Waals surface area contributed by atoms with Gasteiger partial charge in [0.25, 0.3) is 5.91 Å². The topological polar surface area (TPSA) is 101 Å². The van der Waals surface area contributed by atoms with Crippen LogP contribution in [-0.2, 0) is 4.74 Å². The van der Waals surface area contributed by atoms with Crippen LogP contribution in [-0.4, -0.2) is 92.1 Å². The third-order valence-corrected chi connectivity index (χ3v) is 6.00. The van der Waals surface area contributed by atoms with Gasteiger partial charge < -0.3 is 14.2 Å². The maximum Gasteiger partial charge on any atom is 0.258 e. The van der Waals surface area contributed by atoms with Gasteiger partial charge in [0.15, 0.2) is 11.5 Å². The molecule has 1 fully saturated rings. The maximum atomic E-state index is 12.8. The summed E-state index contributed by atoms with van der Waals surface area (Å²) in [5, 5.41) is 2.92. The number of carbonyl (C=O) groups excluding carboxylic acids is 1. The summed E-state index contributed by atoms with van der Waals surface area (Å²) in [5.74, 6) is 2.10. The molecule has 10 nitrogen and oxygen atoms in total. The summed E-state index contributed by atoms with van der Waals surface area (Å²) in [7, 11) is 1.60. The van der Waals surface area contributed by atoms with Gasteiger partial charge in [0.2, 0.25) is 5.96 Å². The molecule has 1 amide bonds. The van der Waals surface area contributed by atoms with Crippen molar-refractivity contribution in [3.05, 3.63) is 47.8 Å². The molecule has 178 valence electrons. The molecule has 0 aliphatic carbocycles. The van der Waals surface area contributed by atoms with Crippen LogP contribution in [0, 0.1) is 0 Å². The van der Waals surface area contributed by atoms with Crippen molar-refractivity contribution in [1.82, 2.24) is 20.1 Å². The molecule has 0 atom stereocenters. The number of amidine groups is 1. The third kappa shape index (κ3) is 4.59. The molecule has 0 saturated carbocycles. The molecule has 1 N–H and O–H groups in total. The summed E-state index contributed by atoms with van der Waals surface area (Å²) in [6.45, 7) is 6.30. The number of pyridine rings is 1. The highest BCUT2D eigenvalue weighted by atomic mass is 16.5. The minimum atomic E-state index is -0.259. The van der Waals surface area contributed by atoms with Crippen LogP contribution in [0.2, 0.25) is 0 Å². The number of nitrogens with zero attached hydrogens (tertiary/aromatic N) is 5. The molecule has 3 aliphatic heterocycles. The molecule has 4 heterocycles. The molecule has 1 aromatic heterocycles. The number of nitrogens with one attached hydrogen (secondary N) is 1. The number of guanidine groups is 1. The van der Waals surface area contributed by atoms with Crippen molar-refractivity contribution in [1.29, 1.82) is 0 Å². The zero-order chi connectivity index (χ0) is 23.3. The quantitative estimate of drug-likeness (QED) is 0.622. The van der Waals surface area contributed by atoms with Crippen LogP contribution in [0.4, 0.5) is 5.69 Å². The van der Waals surface area contributed by atoms with Crippen LogP contribution in [0.5, 0.6) is 11.5 Å². The molecule has 0 bridgehead atoms. The Morgan fingerprint density at radius 3 is 2.76 bits per heavy atom. The third-order valence-electron chi connectivity index (χ3n) is 6.00. The lowest BCUT2D eigenvalue weighted by Crippen LogP contribution is -2.47. The van der Waals surface area contributed by atoms with Gasteiger partial charge in [0.05, 0.1) is 33.5 Å². The Morgan fingerprint density at radius 2 is 1.97 bits per heavy atom. The summed E-state index contributed by atoms with van der Waals surface area (Å²) in [4.78, 5) is 30.5. The number of hydrogen-bond acceptors (Lipinski definition) is 9. The van der Waals surface area contributed by atoms with Gasteiger partial charge in [-0.1, -0.05) is 0 Å². The van der Waals surface area contributed by atoms with Crippen LogP contribution in [0.25, 0.3) is 0 Å². The van der Waals surface area contributed by atoms with E-state index in [9.17, 15) is 4.79 Å². The van der Waals surface area contributed by atoms with E-state index in [1.807, 2.05) is 17.0 Å². The van der Waals surface area contributed by atoms with Gasteiger partial charge in [-0.2, -0.15) is 0 Å². The minimum absolute atomic E-state index is 0.259. The highest BCUT2D eigenvalue weighted by molar-refractivity contribution is 6.20. The SMILES string of the molecule is COc1c(OCCCN2CCOCC2)ccc2c1N=C(NC(=O)c1ccncc1)N1CCN=C21. The predicted octanol–water partition coefficient (Wildman–Crippen LogP) is 1.68. The van der Waals surface area contributed by atoms with Gasteiger partial charge in [0, 0.05) is 49.7 Å². The Balaban J connectivity index is 1.35. The summed E-state index contributed by atoms with van der Waals surface area (Å²) >= 11 is 0. The van der Waals surface area contributed by atoms with Crippen LogP contribution >= 0.6 is 0 Å². The normalized spacial score (nSPS) is 17.4. The summed E-state index contributed by atoms with van der Waals surface area (Å²) in [6, 6.07) is 7.18. The second-order valence-electron chi connectivity index (χ2n) is 8.13. The number of aromatic nitrogens is 1. The first-order valence-corrected chi connectivity index (χ1v) is 11.5. The van der Waals surface area contributed by atoms with Crippen molar-refractivity contribution in [3.8, 4) is 11.5 Å². The number of aliphatic imine (C=N–C) groups is 2. The van der Waals surface area contributed by atoms with Crippen LogP contribution < -0.4 is 14.8 Å². The fraction of sp³-hybridized carbons (Fsp3) is 0.417. The van der Waals surface area contributed by atoms with Crippen LogP contribution in [0.15, 0.2) is 46.6 Å². The van der Waals surface area contributed by atoms with E-state index in [-0.39, 0.29) is 5.91 Å². The smallest absolute Gasteiger partial charge is 0.258 e. The molecule has 0 spiro atoms. The van der Waals surface area contributed by atoms with Crippen molar-refractivity contribution in [2.24, 2.45) is 9.98 Å². The van der Waals surface area contributed by atoms with Crippen molar-refractivity contribution < 1.29 is 19.0 Å². The highest BCUT2D eigenvalue weighted by Crippen LogP contribution is 2.43. The zero-order valence-electron chi connectivity index (χ0n) is 19.2. The predicted molar refractivity (Wildman–Crippen MR) is 127 cm³/mol. The molecule has 34 heavy (non-hydrogen) atoms. The first-order valence-electron chi connectivity index (χ1n) is 11.5. The molecule has 10 heteroatoms. The van der Waals surface area contributed by atoms with E-state index >= 15 is 0 Å². The average molecular weight is 465 g/mol.